The summed E-state index contributed by atoms with van der Waals surface area (Å²) in [7, 11) is 0. The number of rotatable bonds is 1. The third-order valence-electron chi connectivity index (χ3n) is 2.34. The molecule has 1 aromatic heterocycles. The molecule has 1 amide bonds. The van der Waals surface area contributed by atoms with Gasteiger partial charge in [0.1, 0.15) is 0 Å². The molecule has 14 heavy (non-hydrogen) atoms. The minimum atomic E-state index is -0.996. The normalized spacial score (nSPS) is 19.1. The van der Waals surface area contributed by atoms with Crippen LogP contribution < -0.4 is 5.32 Å². The standard InChI is InChI=1S/C9H9BrN2O2/c10-6-3-4-11-8-5(6)1-2-7(8)12-9(13)14/h3-4,7,12H,1-2H2,(H,13,14). The molecule has 1 aromatic rings. The van der Waals surface area contributed by atoms with Gasteiger partial charge in [0.15, 0.2) is 0 Å². The number of halogens is 1. The first-order chi connectivity index (χ1) is 6.68. The lowest BCUT2D eigenvalue weighted by atomic mass is 10.2. The zero-order chi connectivity index (χ0) is 10.1. The number of amides is 1. The topological polar surface area (TPSA) is 62.2 Å². The molecule has 1 aliphatic carbocycles. The second-order valence-electron chi connectivity index (χ2n) is 3.20. The van der Waals surface area contributed by atoms with Crippen LogP contribution in [-0.2, 0) is 6.42 Å². The van der Waals surface area contributed by atoms with E-state index in [-0.39, 0.29) is 6.04 Å². The highest BCUT2D eigenvalue weighted by Crippen LogP contribution is 2.33. The Balaban J connectivity index is 2.30. The first kappa shape index (κ1) is 9.45. The molecule has 0 fully saturated rings. The highest BCUT2D eigenvalue weighted by Gasteiger charge is 2.26. The Morgan fingerprint density at radius 3 is 3.21 bits per heavy atom. The largest absolute Gasteiger partial charge is 0.465 e. The molecule has 0 bridgehead atoms. The zero-order valence-corrected chi connectivity index (χ0v) is 8.91. The van der Waals surface area contributed by atoms with E-state index in [1.54, 1.807) is 6.20 Å². The zero-order valence-electron chi connectivity index (χ0n) is 7.33. The molecule has 5 heteroatoms. The predicted molar refractivity (Wildman–Crippen MR) is 54.2 cm³/mol. The Bertz CT molecular complexity index is 381. The highest BCUT2D eigenvalue weighted by molar-refractivity contribution is 9.10. The van der Waals surface area contributed by atoms with Crippen LogP contribution in [0.5, 0.6) is 0 Å². The SMILES string of the molecule is O=C(O)NC1CCc2c(Br)ccnc21. The van der Waals surface area contributed by atoms with E-state index < -0.39 is 6.09 Å². The first-order valence-corrected chi connectivity index (χ1v) is 5.10. The fourth-order valence-electron chi connectivity index (χ4n) is 1.75. The van der Waals surface area contributed by atoms with E-state index >= 15 is 0 Å². The van der Waals surface area contributed by atoms with Crippen molar-refractivity contribution in [3.63, 3.8) is 0 Å². The summed E-state index contributed by atoms with van der Waals surface area (Å²) >= 11 is 3.43. The fraction of sp³-hybridized carbons (Fsp3) is 0.333. The Kier molecular flexibility index (Phi) is 2.41. The molecule has 0 aromatic carbocycles. The molecule has 0 saturated carbocycles. The molecule has 4 nitrogen and oxygen atoms in total. The number of aromatic nitrogens is 1. The summed E-state index contributed by atoms with van der Waals surface area (Å²) < 4.78 is 1.01. The van der Waals surface area contributed by atoms with Crippen LogP contribution in [-0.4, -0.2) is 16.2 Å². The third kappa shape index (κ3) is 1.59. The molecule has 1 unspecified atom stereocenters. The number of carboxylic acid groups (broad SMARTS) is 1. The van der Waals surface area contributed by atoms with E-state index in [4.69, 9.17) is 5.11 Å². The minimum absolute atomic E-state index is 0.153. The van der Waals surface area contributed by atoms with Crippen LogP contribution in [0.4, 0.5) is 4.79 Å². The lowest BCUT2D eigenvalue weighted by Gasteiger charge is -2.09. The van der Waals surface area contributed by atoms with Gasteiger partial charge in [-0.25, -0.2) is 4.79 Å². The molecule has 2 N–H and O–H groups in total. The van der Waals surface area contributed by atoms with Crippen LogP contribution >= 0.6 is 15.9 Å². The molecule has 0 aliphatic heterocycles. The van der Waals surface area contributed by atoms with Crippen molar-refractivity contribution in [2.45, 2.75) is 18.9 Å². The van der Waals surface area contributed by atoms with Crippen LogP contribution in [0, 0.1) is 0 Å². The van der Waals surface area contributed by atoms with Crippen LogP contribution in [0.2, 0.25) is 0 Å². The predicted octanol–water partition coefficient (Wildman–Crippen LogP) is 2.10. The van der Waals surface area contributed by atoms with Crippen molar-refractivity contribution in [2.24, 2.45) is 0 Å². The molecule has 1 aliphatic rings. The monoisotopic (exact) mass is 256 g/mol. The second kappa shape index (κ2) is 3.57. The van der Waals surface area contributed by atoms with Crippen molar-refractivity contribution in [1.82, 2.24) is 10.3 Å². The van der Waals surface area contributed by atoms with E-state index in [0.717, 1.165) is 28.6 Å². The van der Waals surface area contributed by atoms with E-state index in [9.17, 15) is 4.79 Å². The van der Waals surface area contributed by atoms with Gasteiger partial charge in [0.05, 0.1) is 11.7 Å². The number of nitrogens with zero attached hydrogens (tertiary/aromatic N) is 1. The molecule has 1 atom stereocenters. The van der Waals surface area contributed by atoms with Gasteiger partial charge in [-0.15, -0.1) is 0 Å². The van der Waals surface area contributed by atoms with Crippen molar-refractivity contribution < 1.29 is 9.90 Å². The van der Waals surface area contributed by atoms with Gasteiger partial charge in [-0.3, -0.25) is 4.98 Å². The van der Waals surface area contributed by atoms with Crippen LogP contribution in [0.15, 0.2) is 16.7 Å². The van der Waals surface area contributed by atoms with Gasteiger partial charge in [-0.2, -0.15) is 0 Å². The summed E-state index contributed by atoms with van der Waals surface area (Å²) in [6.07, 6.45) is 2.35. The lowest BCUT2D eigenvalue weighted by Crippen LogP contribution is -2.25. The van der Waals surface area contributed by atoms with Crippen molar-refractivity contribution in [3.05, 3.63) is 28.0 Å². The van der Waals surface area contributed by atoms with E-state index in [1.807, 2.05) is 6.07 Å². The average molecular weight is 257 g/mol. The van der Waals surface area contributed by atoms with Crippen molar-refractivity contribution in [2.75, 3.05) is 0 Å². The van der Waals surface area contributed by atoms with Gasteiger partial charge in [-0.05, 0) is 24.5 Å². The summed E-state index contributed by atoms with van der Waals surface area (Å²) in [6, 6.07) is 1.72. The Morgan fingerprint density at radius 1 is 1.71 bits per heavy atom. The van der Waals surface area contributed by atoms with Gasteiger partial charge in [0.25, 0.3) is 0 Å². The van der Waals surface area contributed by atoms with E-state index in [1.165, 1.54) is 0 Å². The van der Waals surface area contributed by atoms with Crippen LogP contribution in [0.1, 0.15) is 23.7 Å². The Labute approximate surface area is 89.5 Å². The maximum atomic E-state index is 10.5. The number of hydrogen-bond donors (Lipinski definition) is 2. The highest BCUT2D eigenvalue weighted by atomic mass is 79.9. The smallest absolute Gasteiger partial charge is 0.405 e. The molecule has 2 rings (SSSR count). The van der Waals surface area contributed by atoms with Gasteiger partial charge in [0, 0.05) is 10.7 Å². The molecule has 74 valence electrons. The first-order valence-electron chi connectivity index (χ1n) is 4.31. The van der Waals surface area contributed by atoms with Crippen molar-refractivity contribution in [3.8, 4) is 0 Å². The quantitative estimate of drug-likeness (QED) is 0.809. The lowest BCUT2D eigenvalue weighted by molar-refractivity contribution is 0.189. The molecular weight excluding hydrogens is 248 g/mol. The number of fused-ring (bicyclic) bond motifs is 1. The van der Waals surface area contributed by atoms with Crippen LogP contribution in [0.25, 0.3) is 0 Å². The number of carbonyl (C=O) groups is 1. The third-order valence-corrected chi connectivity index (χ3v) is 3.09. The number of hydrogen-bond acceptors (Lipinski definition) is 2. The van der Waals surface area contributed by atoms with Crippen molar-refractivity contribution >= 4 is 22.0 Å². The maximum absolute atomic E-state index is 10.5. The molecule has 0 radical (unpaired) electrons. The molecule has 1 heterocycles. The number of pyridine rings is 1. The van der Waals surface area contributed by atoms with Gasteiger partial charge in [-0.1, -0.05) is 15.9 Å². The fourth-order valence-corrected chi connectivity index (χ4v) is 2.27. The van der Waals surface area contributed by atoms with Crippen LogP contribution in [0.3, 0.4) is 0 Å². The average Bonchev–Trinajstić information content (AvgIpc) is 2.49. The van der Waals surface area contributed by atoms with E-state index in [0.29, 0.717) is 0 Å². The van der Waals surface area contributed by atoms with Gasteiger partial charge in [0.2, 0.25) is 0 Å². The van der Waals surface area contributed by atoms with Gasteiger partial charge >= 0.3 is 6.09 Å². The second-order valence-corrected chi connectivity index (χ2v) is 4.05. The summed E-state index contributed by atoms with van der Waals surface area (Å²) in [5.74, 6) is 0. The summed E-state index contributed by atoms with van der Waals surface area (Å²) in [6.45, 7) is 0. The minimum Gasteiger partial charge on any atom is -0.465 e. The summed E-state index contributed by atoms with van der Waals surface area (Å²) in [4.78, 5) is 14.7. The molecule has 0 spiro atoms. The van der Waals surface area contributed by atoms with Crippen molar-refractivity contribution in [1.29, 1.82) is 0 Å². The summed E-state index contributed by atoms with van der Waals surface area (Å²) in [5, 5.41) is 11.1. The maximum Gasteiger partial charge on any atom is 0.405 e. The van der Waals surface area contributed by atoms with E-state index in [2.05, 4.69) is 26.2 Å². The Hall–Kier alpha value is -1.10. The molecule has 0 saturated heterocycles. The molecular formula is C9H9BrN2O2. The Morgan fingerprint density at radius 2 is 2.50 bits per heavy atom. The summed E-state index contributed by atoms with van der Waals surface area (Å²) in [5.41, 5.74) is 1.97. The number of nitrogens with one attached hydrogen (secondary N) is 1. The van der Waals surface area contributed by atoms with Gasteiger partial charge < -0.3 is 10.4 Å².